The zero-order valence-corrected chi connectivity index (χ0v) is 19.3. The Morgan fingerprint density at radius 2 is 1.76 bits per heavy atom. The topological polar surface area (TPSA) is 191 Å². The molecule has 0 heterocycles. The Labute approximate surface area is 195 Å². The Bertz CT molecular complexity index is 1210. The summed E-state index contributed by atoms with van der Waals surface area (Å²) in [6.45, 7) is 0.472. The molecule has 13 nitrogen and oxygen atoms in total. The maximum Gasteiger partial charge on any atom is 0.321 e. The number of nitrogens with zero attached hydrogens (tertiary/aromatic N) is 2. The van der Waals surface area contributed by atoms with Crippen LogP contribution in [0.1, 0.15) is 17.3 Å². The minimum absolute atomic E-state index is 0.201. The highest BCUT2D eigenvalue weighted by molar-refractivity contribution is 7.89. The molecule has 0 fully saturated rings. The molecule has 182 valence electrons. The third-order valence-corrected chi connectivity index (χ3v) is 5.86. The zero-order valence-electron chi connectivity index (χ0n) is 18.5. The van der Waals surface area contributed by atoms with Crippen LogP contribution in [0.25, 0.3) is 0 Å². The van der Waals surface area contributed by atoms with Crippen molar-refractivity contribution in [2.75, 3.05) is 30.9 Å². The minimum atomic E-state index is -4.28. The normalized spacial score (nSPS) is 11.9. The lowest BCUT2D eigenvalue weighted by atomic mass is 10.2. The van der Waals surface area contributed by atoms with Gasteiger partial charge >= 0.3 is 5.97 Å². The van der Waals surface area contributed by atoms with Gasteiger partial charge < -0.3 is 20.7 Å². The van der Waals surface area contributed by atoms with Gasteiger partial charge in [-0.3, -0.25) is 24.5 Å². The van der Waals surface area contributed by atoms with Crippen LogP contribution in [0, 0.1) is 10.1 Å². The quantitative estimate of drug-likeness (QED) is 0.242. The molecule has 4 N–H and O–H groups in total. The van der Waals surface area contributed by atoms with E-state index in [0.717, 1.165) is 12.1 Å². The van der Waals surface area contributed by atoms with Crippen LogP contribution in [-0.4, -0.2) is 57.9 Å². The summed E-state index contributed by atoms with van der Waals surface area (Å²) in [6, 6.07) is 8.98. The molecule has 0 bridgehead atoms. The Hall–Kier alpha value is -4.04. The summed E-state index contributed by atoms with van der Waals surface area (Å²) in [4.78, 5) is 46.9. The van der Waals surface area contributed by atoms with Gasteiger partial charge in [-0.05, 0) is 43.3 Å². The van der Waals surface area contributed by atoms with E-state index in [1.807, 2.05) is 4.72 Å². The van der Waals surface area contributed by atoms with Crippen molar-refractivity contribution in [3.05, 3.63) is 58.1 Å². The lowest BCUT2D eigenvalue weighted by Gasteiger charge is -2.15. The second-order valence-corrected chi connectivity index (χ2v) is 8.96. The Morgan fingerprint density at radius 3 is 2.29 bits per heavy atom. The summed E-state index contributed by atoms with van der Waals surface area (Å²) in [5, 5.41) is 13.7. The van der Waals surface area contributed by atoms with Gasteiger partial charge in [-0.2, -0.15) is 4.72 Å². The minimum Gasteiger partial charge on any atom is -0.452 e. The molecule has 1 unspecified atom stereocenters. The highest BCUT2D eigenvalue weighted by atomic mass is 32.2. The molecule has 0 aliphatic rings. The van der Waals surface area contributed by atoms with Crippen LogP contribution in [-0.2, 0) is 24.3 Å². The summed E-state index contributed by atoms with van der Waals surface area (Å²) in [5.41, 5.74) is 5.48. The van der Waals surface area contributed by atoms with Gasteiger partial charge in [-0.15, -0.1) is 0 Å². The fraction of sp³-hybridized carbons (Fsp3) is 0.250. The molecule has 2 rings (SSSR count). The predicted molar refractivity (Wildman–Crippen MR) is 122 cm³/mol. The molecule has 2 aromatic carbocycles. The van der Waals surface area contributed by atoms with Crippen molar-refractivity contribution in [2.24, 2.45) is 5.73 Å². The Balaban J connectivity index is 1.98. The molecular formula is C20H23N5O8S. The third kappa shape index (κ3) is 6.73. The first-order valence-corrected chi connectivity index (χ1v) is 11.2. The summed E-state index contributed by atoms with van der Waals surface area (Å²) in [5.74, 6) is -2.38. The van der Waals surface area contributed by atoms with E-state index in [-0.39, 0.29) is 11.3 Å². The second-order valence-electron chi connectivity index (χ2n) is 7.19. The van der Waals surface area contributed by atoms with Gasteiger partial charge in [-0.1, -0.05) is 0 Å². The number of carbonyl (C=O) groups excluding carboxylic acids is 3. The molecule has 0 saturated carbocycles. The zero-order chi connectivity index (χ0) is 25.6. The number of hydrogen-bond donors (Lipinski definition) is 3. The number of benzene rings is 2. The number of anilines is 2. The summed E-state index contributed by atoms with van der Waals surface area (Å²) in [7, 11) is -1.15. The van der Waals surface area contributed by atoms with Crippen molar-refractivity contribution in [3.63, 3.8) is 0 Å². The molecule has 0 saturated heterocycles. The average molecular weight is 493 g/mol. The van der Waals surface area contributed by atoms with Crippen LogP contribution in [0.3, 0.4) is 0 Å². The van der Waals surface area contributed by atoms with E-state index in [4.69, 9.17) is 10.5 Å². The van der Waals surface area contributed by atoms with Crippen LogP contribution in [0.15, 0.2) is 47.4 Å². The lowest BCUT2D eigenvalue weighted by Crippen LogP contribution is -2.35. The van der Waals surface area contributed by atoms with Crippen molar-refractivity contribution < 1.29 is 32.5 Å². The highest BCUT2D eigenvalue weighted by Crippen LogP contribution is 2.29. The van der Waals surface area contributed by atoms with E-state index in [2.05, 4.69) is 5.32 Å². The second kappa shape index (κ2) is 10.7. The van der Waals surface area contributed by atoms with E-state index >= 15 is 0 Å². The summed E-state index contributed by atoms with van der Waals surface area (Å²) >= 11 is 0. The van der Waals surface area contributed by atoms with E-state index in [1.165, 1.54) is 42.2 Å². The van der Waals surface area contributed by atoms with Crippen molar-refractivity contribution in [3.8, 4) is 0 Å². The molecule has 0 radical (unpaired) electrons. The van der Waals surface area contributed by atoms with Gasteiger partial charge in [0.15, 0.2) is 6.10 Å². The molecule has 34 heavy (non-hydrogen) atoms. The average Bonchev–Trinajstić information content (AvgIpc) is 2.77. The molecule has 14 heteroatoms. The SMILES string of the molecule is CC(OC(=O)CNS(=O)(=O)c1ccc(N(C)C)c([N+](=O)[O-])c1)C(=O)Nc1ccc(C(N)=O)cc1. The number of primary amides is 1. The number of nitro benzene ring substituents is 1. The predicted octanol–water partition coefficient (Wildman–Crippen LogP) is 0.608. The largest absolute Gasteiger partial charge is 0.452 e. The highest BCUT2D eigenvalue weighted by Gasteiger charge is 2.24. The first kappa shape index (κ1) is 26.2. The van der Waals surface area contributed by atoms with Crippen LogP contribution in [0.2, 0.25) is 0 Å². The molecule has 0 aromatic heterocycles. The Kier molecular flexibility index (Phi) is 8.26. The number of nitro groups is 1. The van der Waals surface area contributed by atoms with Crippen molar-refractivity contribution in [2.45, 2.75) is 17.9 Å². The molecule has 0 aliphatic heterocycles. The number of sulfonamides is 1. The third-order valence-electron chi connectivity index (χ3n) is 4.46. The monoisotopic (exact) mass is 493 g/mol. The summed E-state index contributed by atoms with van der Waals surface area (Å²) < 4.78 is 31.8. The number of amides is 2. The van der Waals surface area contributed by atoms with Gasteiger partial charge in [0.1, 0.15) is 12.2 Å². The lowest BCUT2D eigenvalue weighted by molar-refractivity contribution is -0.384. The van der Waals surface area contributed by atoms with Gasteiger partial charge in [-0.25, -0.2) is 8.42 Å². The van der Waals surface area contributed by atoms with Gasteiger partial charge in [0, 0.05) is 31.4 Å². The number of hydrogen-bond acceptors (Lipinski definition) is 9. The first-order valence-electron chi connectivity index (χ1n) is 9.67. The van der Waals surface area contributed by atoms with Gasteiger partial charge in [0.2, 0.25) is 15.9 Å². The molecule has 2 aromatic rings. The van der Waals surface area contributed by atoms with Crippen molar-refractivity contribution >= 4 is 44.9 Å². The maximum absolute atomic E-state index is 12.5. The number of carbonyl (C=O) groups is 3. The fourth-order valence-electron chi connectivity index (χ4n) is 2.69. The molecule has 0 aliphatic carbocycles. The smallest absolute Gasteiger partial charge is 0.321 e. The molecule has 2 amide bonds. The number of esters is 1. The van der Waals surface area contributed by atoms with Gasteiger partial charge in [0.05, 0.1) is 9.82 Å². The van der Waals surface area contributed by atoms with Crippen LogP contribution < -0.4 is 20.7 Å². The maximum atomic E-state index is 12.5. The van der Waals surface area contributed by atoms with E-state index < -0.39 is 56.0 Å². The first-order chi connectivity index (χ1) is 15.8. The summed E-state index contributed by atoms with van der Waals surface area (Å²) in [6.07, 6.45) is -1.27. The van der Waals surface area contributed by atoms with Crippen LogP contribution in [0.5, 0.6) is 0 Å². The number of ether oxygens (including phenoxy) is 1. The Morgan fingerprint density at radius 1 is 1.15 bits per heavy atom. The molecule has 0 spiro atoms. The standard InChI is InChI=1S/C20H23N5O8S/c1-12(20(28)23-14-6-4-13(5-7-14)19(21)27)33-18(26)11-22-34(31,32)15-8-9-16(24(2)3)17(10-15)25(29)30/h4-10,12,22H,11H2,1-3H3,(H2,21,27)(H,23,28). The van der Waals surface area contributed by atoms with Crippen molar-refractivity contribution in [1.82, 2.24) is 4.72 Å². The fourth-order valence-corrected chi connectivity index (χ4v) is 3.67. The van der Waals surface area contributed by atoms with E-state index in [0.29, 0.717) is 5.69 Å². The van der Waals surface area contributed by atoms with Gasteiger partial charge in [0.25, 0.3) is 11.6 Å². The molecule has 1 atom stereocenters. The number of nitrogens with two attached hydrogens (primary N) is 1. The van der Waals surface area contributed by atoms with Crippen molar-refractivity contribution in [1.29, 1.82) is 0 Å². The number of nitrogens with one attached hydrogen (secondary N) is 2. The molecular weight excluding hydrogens is 470 g/mol. The van der Waals surface area contributed by atoms with E-state index in [1.54, 1.807) is 14.1 Å². The van der Waals surface area contributed by atoms with Crippen LogP contribution in [0.4, 0.5) is 17.1 Å². The van der Waals surface area contributed by atoms with E-state index in [9.17, 15) is 32.9 Å². The van der Waals surface area contributed by atoms with Crippen LogP contribution >= 0.6 is 0 Å². The number of rotatable bonds is 10.